The number of aromatic nitrogens is 3. The van der Waals surface area contributed by atoms with Gasteiger partial charge in [-0.05, 0) is 30.3 Å². The van der Waals surface area contributed by atoms with Crippen LogP contribution < -0.4 is 11.1 Å². The second-order valence-electron chi connectivity index (χ2n) is 4.49. The Balaban J connectivity index is 1.97. The van der Waals surface area contributed by atoms with E-state index in [0.29, 0.717) is 28.1 Å². The van der Waals surface area contributed by atoms with E-state index in [1.165, 1.54) is 12.5 Å². The van der Waals surface area contributed by atoms with Crippen LogP contribution in [0.4, 0.5) is 16.3 Å². The number of hydrogen-bond donors (Lipinski definition) is 3. The largest absolute Gasteiger partial charge is 0.464 e. The van der Waals surface area contributed by atoms with Crippen molar-refractivity contribution < 1.29 is 14.7 Å². The molecule has 0 aliphatic rings. The summed E-state index contributed by atoms with van der Waals surface area (Å²) in [6.45, 7) is 0. The van der Waals surface area contributed by atoms with Gasteiger partial charge in [0, 0.05) is 17.4 Å². The minimum atomic E-state index is -1.12. The molecular weight excluding hydrogens is 286 g/mol. The highest BCUT2D eigenvalue weighted by molar-refractivity contribution is 5.95. The molecule has 8 nitrogen and oxygen atoms in total. The molecule has 110 valence electrons. The zero-order valence-electron chi connectivity index (χ0n) is 11.2. The number of benzene rings is 1. The first-order valence-electron chi connectivity index (χ1n) is 6.28. The van der Waals surface area contributed by atoms with Crippen molar-refractivity contribution in [2.75, 3.05) is 5.32 Å². The van der Waals surface area contributed by atoms with E-state index < -0.39 is 12.0 Å². The first-order valence-corrected chi connectivity index (χ1v) is 6.28. The van der Waals surface area contributed by atoms with Gasteiger partial charge in [0.15, 0.2) is 5.65 Å². The van der Waals surface area contributed by atoms with Crippen molar-refractivity contribution in [3.8, 4) is 0 Å². The molecule has 0 aliphatic carbocycles. The minimum Gasteiger partial charge on any atom is -0.464 e. The van der Waals surface area contributed by atoms with Crippen molar-refractivity contribution in [2.24, 2.45) is 5.73 Å². The zero-order chi connectivity index (χ0) is 15.7. The Morgan fingerprint density at radius 1 is 1.14 bits per heavy atom. The van der Waals surface area contributed by atoms with Crippen molar-refractivity contribution in [3.05, 3.63) is 48.4 Å². The van der Waals surface area contributed by atoms with Gasteiger partial charge in [-0.15, -0.1) is 0 Å². The van der Waals surface area contributed by atoms with Crippen LogP contribution in [-0.4, -0.2) is 31.6 Å². The highest BCUT2D eigenvalue weighted by Crippen LogP contribution is 2.23. The summed E-state index contributed by atoms with van der Waals surface area (Å²) in [5.74, 6) is -0.0358. The van der Waals surface area contributed by atoms with E-state index in [9.17, 15) is 9.59 Å². The lowest BCUT2D eigenvalue weighted by Gasteiger charge is -2.07. The Hall–Kier alpha value is -3.42. The molecule has 0 saturated carbocycles. The molecule has 0 atom stereocenters. The third-order valence-electron chi connectivity index (χ3n) is 3.12. The number of nitrogens with zero attached hydrogens (tertiary/aromatic N) is 3. The topological polar surface area (TPSA) is 123 Å². The molecule has 0 spiro atoms. The highest BCUT2D eigenvalue weighted by Gasteiger charge is 2.12. The highest BCUT2D eigenvalue weighted by atomic mass is 16.4. The van der Waals surface area contributed by atoms with Gasteiger partial charge in [0.2, 0.25) is 5.91 Å². The van der Waals surface area contributed by atoms with Crippen LogP contribution in [0.2, 0.25) is 0 Å². The number of rotatable bonds is 3. The SMILES string of the molecule is NC(=O)c1ccc(Nc2ncnc3c2ccn3C(=O)O)cc1. The van der Waals surface area contributed by atoms with Gasteiger partial charge in [-0.1, -0.05) is 0 Å². The van der Waals surface area contributed by atoms with Crippen LogP contribution in [-0.2, 0) is 0 Å². The Labute approximate surface area is 124 Å². The van der Waals surface area contributed by atoms with E-state index in [1.54, 1.807) is 30.3 Å². The van der Waals surface area contributed by atoms with E-state index in [2.05, 4.69) is 15.3 Å². The smallest absolute Gasteiger partial charge is 0.417 e. The number of primary amides is 1. The van der Waals surface area contributed by atoms with E-state index >= 15 is 0 Å². The van der Waals surface area contributed by atoms with Gasteiger partial charge in [0.1, 0.15) is 12.1 Å². The number of anilines is 2. The van der Waals surface area contributed by atoms with Crippen LogP contribution in [0.3, 0.4) is 0 Å². The molecular formula is C14H11N5O3. The normalized spacial score (nSPS) is 10.5. The van der Waals surface area contributed by atoms with Crippen LogP contribution in [0.5, 0.6) is 0 Å². The maximum Gasteiger partial charge on any atom is 0.417 e. The third kappa shape index (κ3) is 2.33. The van der Waals surface area contributed by atoms with Gasteiger partial charge in [0.25, 0.3) is 0 Å². The molecule has 22 heavy (non-hydrogen) atoms. The fourth-order valence-corrected chi connectivity index (χ4v) is 2.06. The van der Waals surface area contributed by atoms with Gasteiger partial charge in [0.05, 0.1) is 5.39 Å². The minimum absolute atomic E-state index is 0.291. The predicted octanol–water partition coefficient (Wildman–Crippen LogP) is 1.80. The summed E-state index contributed by atoms with van der Waals surface area (Å²) < 4.78 is 1.01. The standard InChI is InChI=1S/C14H11N5O3/c15-11(20)8-1-3-9(4-2-8)18-12-10-5-6-19(14(21)22)13(10)17-7-16-12/h1-7H,(H2,15,20)(H,21,22)(H,16,17,18). The number of carboxylic acid groups (broad SMARTS) is 1. The first kappa shape index (κ1) is 13.6. The van der Waals surface area contributed by atoms with Crippen molar-refractivity contribution in [1.29, 1.82) is 0 Å². The maximum atomic E-state index is 11.1. The number of carbonyl (C=O) groups excluding carboxylic acids is 1. The second kappa shape index (κ2) is 5.17. The van der Waals surface area contributed by atoms with Crippen LogP contribution in [0.25, 0.3) is 11.0 Å². The Morgan fingerprint density at radius 3 is 2.50 bits per heavy atom. The van der Waals surface area contributed by atoms with Crippen LogP contribution >= 0.6 is 0 Å². The molecule has 2 heterocycles. The maximum absolute atomic E-state index is 11.1. The number of nitrogens with two attached hydrogens (primary N) is 1. The van der Waals surface area contributed by atoms with Gasteiger partial charge in [-0.2, -0.15) is 0 Å². The van der Waals surface area contributed by atoms with Crippen molar-refractivity contribution >= 4 is 34.5 Å². The van der Waals surface area contributed by atoms with Crippen molar-refractivity contribution in [3.63, 3.8) is 0 Å². The molecule has 0 fully saturated rings. The van der Waals surface area contributed by atoms with E-state index in [0.717, 1.165) is 4.57 Å². The quantitative estimate of drug-likeness (QED) is 0.677. The van der Waals surface area contributed by atoms with Crippen LogP contribution in [0.15, 0.2) is 42.9 Å². The fourth-order valence-electron chi connectivity index (χ4n) is 2.06. The summed E-state index contributed by atoms with van der Waals surface area (Å²) in [5.41, 5.74) is 6.56. The monoisotopic (exact) mass is 297 g/mol. The summed E-state index contributed by atoms with van der Waals surface area (Å²) >= 11 is 0. The summed E-state index contributed by atoms with van der Waals surface area (Å²) in [4.78, 5) is 30.2. The Kier molecular flexibility index (Phi) is 3.18. The van der Waals surface area contributed by atoms with Gasteiger partial charge >= 0.3 is 6.09 Å². The van der Waals surface area contributed by atoms with Crippen LogP contribution in [0, 0.1) is 0 Å². The number of nitrogens with one attached hydrogen (secondary N) is 1. The second-order valence-corrected chi connectivity index (χ2v) is 4.49. The third-order valence-corrected chi connectivity index (χ3v) is 3.12. The zero-order valence-corrected chi connectivity index (χ0v) is 11.2. The summed E-state index contributed by atoms with van der Waals surface area (Å²) in [6, 6.07) is 8.16. The van der Waals surface area contributed by atoms with Gasteiger partial charge in [-0.3, -0.25) is 4.79 Å². The molecule has 1 aromatic carbocycles. The van der Waals surface area contributed by atoms with E-state index in [-0.39, 0.29) is 0 Å². The van der Waals surface area contributed by atoms with Crippen molar-refractivity contribution in [1.82, 2.24) is 14.5 Å². The summed E-state index contributed by atoms with van der Waals surface area (Å²) in [7, 11) is 0. The Morgan fingerprint density at radius 2 is 1.86 bits per heavy atom. The molecule has 4 N–H and O–H groups in total. The molecule has 1 amide bonds. The van der Waals surface area contributed by atoms with Gasteiger partial charge < -0.3 is 16.2 Å². The molecule has 0 bridgehead atoms. The summed E-state index contributed by atoms with van der Waals surface area (Å²) in [6.07, 6.45) is 1.57. The fraction of sp³-hybridized carbons (Fsp3) is 0. The number of fused-ring (bicyclic) bond motifs is 1. The molecule has 3 rings (SSSR count). The van der Waals surface area contributed by atoms with E-state index in [1.807, 2.05) is 0 Å². The molecule has 2 aromatic heterocycles. The van der Waals surface area contributed by atoms with Gasteiger partial charge in [-0.25, -0.2) is 19.3 Å². The molecule has 8 heteroatoms. The molecule has 3 aromatic rings. The van der Waals surface area contributed by atoms with E-state index in [4.69, 9.17) is 10.8 Å². The average Bonchev–Trinajstić information content (AvgIpc) is 2.93. The first-order chi connectivity index (χ1) is 10.6. The molecule has 0 radical (unpaired) electrons. The van der Waals surface area contributed by atoms with Crippen LogP contribution in [0.1, 0.15) is 10.4 Å². The number of amides is 1. The van der Waals surface area contributed by atoms with Crippen molar-refractivity contribution in [2.45, 2.75) is 0 Å². The molecule has 0 unspecified atom stereocenters. The number of carbonyl (C=O) groups is 2. The lowest BCUT2D eigenvalue weighted by molar-refractivity contribution is 0.1000. The number of hydrogen-bond acceptors (Lipinski definition) is 5. The summed E-state index contributed by atoms with van der Waals surface area (Å²) in [5, 5.41) is 12.7. The molecule has 0 saturated heterocycles. The average molecular weight is 297 g/mol. The molecule has 0 aliphatic heterocycles. The predicted molar refractivity (Wildman–Crippen MR) is 79.2 cm³/mol. The Bertz CT molecular complexity index is 870. The lowest BCUT2D eigenvalue weighted by atomic mass is 10.2. The lowest BCUT2D eigenvalue weighted by Crippen LogP contribution is -2.10.